The molecule has 8 N–H and O–H groups in total. The highest BCUT2D eigenvalue weighted by molar-refractivity contribution is 6.03. The Hall–Kier alpha value is -5.28. The van der Waals surface area contributed by atoms with Crippen LogP contribution in [-0.4, -0.2) is 88.6 Å². The summed E-state index contributed by atoms with van der Waals surface area (Å²) in [6, 6.07) is 0. The van der Waals surface area contributed by atoms with E-state index >= 15 is 0 Å². The van der Waals surface area contributed by atoms with E-state index in [1.807, 2.05) is 0 Å². The Bertz CT molecular complexity index is 1550. The first-order valence-electron chi connectivity index (χ1n) is 15.8. The topological polar surface area (TPSA) is 298 Å². The van der Waals surface area contributed by atoms with E-state index in [1.54, 1.807) is 0 Å². The van der Waals surface area contributed by atoms with Crippen molar-refractivity contribution in [3.63, 3.8) is 0 Å². The third-order valence-corrected chi connectivity index (χ3v) is 10.9. The van der Waals surface area contributed by atoms with E-state index in [4.69, 9.17) is 10.2 Å². The highest BCUT2D eigenvalue weighted by Crippen LogP contribution is 2.63. The summed E-state index contributed by atoms with van der Waals surface area (Å²) in [5.74, 6) is -13.1. The summed E-state index contributed by atoms with van der Waals surface area (Å²) in [5.41, 5.74) is -7.90. The van der Waals surface area contributed by atoms with Crippen LogP contribution in [0, 0.1) is 46.3 Å². The van der Waals surface area contributed by atoms with E-state index in [0.717, 1.165) is 19.3 Å². The predicted molar refractivity (Wildman–Crippen MR) is 168 cm³/mol. The smallest absolute Gasteiger partial charge is 0.331 e. The van der Waals surface area contributed by atoms with E-state index in [0.29, 0.717) is 6.42 Å². The molecule has 0 aliphatic heterocycles. The number of carboxylic acid groups (broad SMARTS) is 8. The molecule has 0 spiro atoms. The summed E-state index contributed by atoms with van der Waals surface area (Å²) in [5, 5.41) is 77.0. The molecule has 0 radical (unpaired) electrons. The van der Waals surface area contributed by atoms with Crippen LogP contribution in [0.1, 0.15) is 64.2 Å². The summed E-state index contributed by atoms with van der Waals surface area (Å²) < 4.78 is 0. The fourth-order valence-corrected chi connectivity index (χ4v) is 8.30. The molecule has 0 aromatic rings. The Morgan fingerprint density at radius 3 is 1.28 bits per heavy atom. The molecule has 0 amide bonds. The van der Waals surface area contributed by atoms with Gasteiger partial charge in [0.25, 0.3) is 0 Å². The minimum absolute atomic E-state index is 0.00778. The molecule has 50 heavy (non-hydrogen) atoms. The van der Waals surface area contributed by atoms with Crippen LogP contribution < -0.4 is 0 Å². The first-order valence-corrected chi connectivity index (χ1v) is 15.8. The molecule has 0 heterocycles. The largest absolute Gasteiger partial charge is 0.480 e. The highest BCUT2D eigenvalue weighted by Gasteiger charge is 2.56. The summed E-state index contributed by atoms with van der Waals surface area (Å²) in [6.45, 7) is 6.41. The van der Waals surface area contributed by atoms with Crippen LogP contribution in [0.4, 0.5) is 0 Å². The van der Waals surface area contributed by atoms with E-state index in [2.05, 4.69) is 13.2 Å². The second-order valence-corrected chi connectivity index (χ2v) is 13.8. The Kier molecular flexibility index (Phi) is 11.8. The van der Waals surface area contributed by atoms with Crippen LogP contribution in [0.3, 0.4) is 0 Å². The number of aliphatic carboxylic acids is 8. The van der Waals surface area contributed by atoms with Gasteiger partial charge in [0, 0.05) is 48.0 Å². The zero-order chi connectivity index (χ0) is 37.9. The van der Waals surface area contributed by atoms with Crippen molar-refractivity contribution in [2.75, 3.05) is 0 Å². The van der Waals surface area contributed by atoms with Gasteiger partial charge in [0.2, 0.25) is 0 Å². The van der Waals surface area contributed by atoms with Crippen LogP contribution in [-0.2, 0) is 38.4 Å². The summed E-state index contributed by atoms with van der Waals surface area (Å²) in [6.07, 6.45) is 2.01. The fourth-order valence-electron chi connectivity index (χ4n) is 8.30. The predicted octanol–water partition coefficient (Wildman–Crippen LogP) is 3.24. The summed E-state index contributed by atoms with van der Waals surface area (Å²) >= 11 is 0. The quantitative estimate of drug-likeness (QED) is 0.0666. The maximum atomic E-state index is 12.1. The highest BCUT2D eigenvalue weighted by atomic mass is 16.4. The number of hydrogen-bond acceptors (Lipinski definition) is 8. The number of allylic oxidation sites excluding steroid dienone is 2. The van der Waals surface area contributed by atoms with Gasteiger partial charge in [-0.25, -0.2) is 19.2 Å². The number of fused-ring (bicyclic) bond motifs is 5. The van der Waals surface area contributed by atoms with Gasteiger partial charge in [0.15, 0.2) is 10.8 Å². The maximum absolute atomic E-state index is 12.1. The lowest BCUT2D eigenvalue weighted by Gasteiger charge is -2.31. The molecule has 2 bridgehead atoms. The Balaban J connectivity index is 1.76. The molecule has 6 unspecified atom stereocenters. The van der Waals surface area contributed by atoms with Crippen molar-refractivity contribution in [3.05, 3.63) is 47.6 Å². The lowest BCUT2D eigenvalue weighted by molar-refractivity contribution is -0.167. The van der Waals surface area contributed by atoms with Crippen molar-refractivity contribution in [1.82, 2.24) is 0 Å². The summed E-state index contributed by atoms with van der Waals surface area (Å²) in [7, 11) is 0. The first-order chi connectivity index (χ1) is 23.2. The second kappa shape index (κ2) is 15.1. The summed E-state index contributed by atoms with van der Waals surface area (Å²) in [4.78, 5) is 95.0. The van der Waals surface area contributed by atoms with Crippen molar-refractivity contribution in [2.45, 2.75) is 64.2 Å². The van der Waals surface area contributed by atoms with Gasteiger partial charge in [0.1, 0.15) is 0 Å². The van der Waals surface area contributed by atoms with Crippen molar-refractivity contribution < 1.29 is 79.2 Å². The second-order valence-electron chi connectivity index (χ2n) is 13.8. The monoisotopic (exact) mass is 704 g/mol. The van der Waals surface area contributed by atoms with Gasteiger partial charge in [0.05, 0.1) is 0 Å². The third kappa shape index (κ3) is 7.95. The molecule has 6 atom stereocenters. The molecule has 16 nitrogen and oxygen atoms in total. The van der Waals surface area contributed by atoms with Gasteiger partial charge in [-0.15, -0.1) is 0 Å². The zero-order valence-electron chi connectivity index (χ0n) is 26.9. The van der Waals surface area contributed by atoms with Gasteiger partial charge in [-0.3, -0.25) is 19.2 Å². The molecule has 3 aliphatic rings. The number of hydrogen-bond donors (Lipinski definition) is 8. The molecule has 272 valence electrons. The van der Waals surface area contributed by atoms with E-state index < -0.39 is 107 Å². The normalized spacial score (nSPS) is 24.6. The number of rotatable bonds is 20. The average Bonchev–Trinajstić information content (AvgIpc) is 3.71. The van der Waals surface area contributed by atoms with Crippen molar-refractivity contribution >= 4 is 47.8 Å². The van der Waals surface area contributed by atoms with Crippen LogP contribution in [0.2, 0.25) is 0 Å². The molecule has 0 aromatic heterocycles. The SMILES string of the molecule is C=C(CC(CC(=CCC1CC2C3CC(CC=C(CC(CC(=C)C(=O)O)(C(=O)O)C(=O)O)C(=O)O)C(C3)C2C1)C(=O)O)(C(=O)O)C(=O)O)C(=O)O. The van der Waals surface area contributed by atoms with Gasteiger partial charge in [-0.2, -0.15) is 0 Å². The Morgan fingerprint density at radius 2 is 0.900 bits per heavy atom. The molecule has 0 aromatic carbocycles. The van der Waals surface area contributed by atoms with Gasteiger partial charge >= 0.3 is 47.8 Å². The molecular weight excluding hydrogens is 664 g/mol. The standard InChI is InChI=1S/C34H40O16/c1-15(25(35)36)11-33(29(43)44,30(45)46)13-19(27(39)40)4-3-17-7-22-21-9-18(23(10-21)24(22)8-17)5-6-20(28(41)42)14-34(31(47)48,32(49)50)12-16(2)26(37)38/h4,6,17-18,21-24H,1-3,5,7-14H2,(H,35,36)(H,37,38)(H,39,40)(H,41,42)(H,43,44)(H,45,46)(H,47,48)(H,49,50). The number of carboxylic acids is 8. The van der Waals surface area contributed by atoms with Crippen LogP contribution in [0.5, 0.6) is 0 Å². The average molecular weight is 705 g/mol. The minimum Gasteiger partial charge on any atom is -0.480 e. The number of carbonyl (C=O) groups is 8. The molecular formula is C34H40O16. The fraction of sp³-hybridized carbons (Fsp3) is 0.529. The minimum atomic E-state index is -2.76. The molecule has 3 fully saturated rings. The molecule has 3 aliphatic carbocycles. The van der Waals surface area contributed by atoms with Crippen molar-refractivity contribution in [3.8, 4) is 0 Å². The molecule has 16 heteroatoms. The Labute approximate surface area is 285 Å². The van der Waals surface area contributed by atoms with Crippen LogP contribution >= 0.6 is 0 Å². The van der Waals surface area contributed by atoms with E-state index in [1.165, 1.54) is 12.2 Å². The Morgan fingerprint density at radius 1 is 0.500 bits per heavy atom. The van der Waals surface area contributed by atoms with E-state index in [9.17, 15) is 69.0 Å². The van der Waals surface area contributed by atoms with Crippen molar-refractivity contribution in [2.24, 2.45) is 46.3 Å². The first kappa shape index (κ1) is 39.2. The lowest BCUT2D eigenvalue weighted by atomic mass is 9.73. The van der Waals surface area contributed by atoms with E-state index in [-0.39, 0.29) is 48.3 Å². The van der Waals surface area contributed by atoms with Gasteiger partial charge < -0.3 is 40.9 Å². The molecule has 3 rings (SSSR count). The van der Waals surface area contributed by atoms with Crippen LogP contribution in [0.15, 0.2) is 47.6 Å². The third-order valence-electron chi connectivity index (χ3n) is 10.9. The van der Waals surface area contributed by atoms with Crippen molar-refractivity contribution in [1.29, 1.82) is 0 Å². The van der Waals surface area contributed by atoms with Gasteiger partial charge in [-0.05, 0) is 74.0 Å². The van der Waals surface area contributed by atoms with Gasteiger partial charge in [-0.1, -0.05) is 25.3 Å². The zero-order valence-corrected chi connectivity index (χ0v) is 26.9. The van der Waals surface area contributed by atoms with Crippen LogP contribution in [0.25, 0.3) is 0 Å². The molecule has 3 saturated carbocycles. The lowest BCUT2D eigenvalue weighted by Crippen LogP contribution is -2.41. The molecule has 0 saturated heterocycles. The maximum Gasteiger partial charge on any atom is 0.331 e.